The summed E-state index contributed by atoms with van der Waals surface area (Å²) < 4.78 is 5.10. The summed E-state index contributed by atoms with van der Waals surface area (Å²) in [6.45, 7) is 8.09. The molecule has 0 aliphatic rings. The fourth-order valence-corrected chi connectivity index (χ4v) is 2.89. The Morgan fingerprint density at radius 1 is 0.828 bits per heavy atom. The van der Waals surface area contributed by atoms with E-state index in [4.69, 9.17) is 4.74 Å². The number of hydrogen-bond donors (Lipinski definition) is 2. The van der Waals surface area contributed by atoms with Crippen LogP contribution in [0.2, 0.25) is 0 Å². The van der Waals surface area contributed by atoms with E-state index in [0.717, 1.165) is 38.5 Å². The predicted octanol–water partition coefficient (Wildman–Crippen LogP) is 3.15. The Hall–Kier alpha value is -1.92. The molecule has 0 aromatic heterocycles. The van der Waals surface area contributed by atoms with Gasteiger partial charge in [-0.15, -0.1) is 0 Å². The van der Waals surface area contributed by atoms with Gasteiger partial charge in [-0.1, -0.05) is 52.9 Å². The Balaban J connectivity index is 4.27. The van der Waals surface area contributed by atoms with Crippen LogP contribution in [0.4, 0.5) is 0 Å². The number of esters is 1. The van der Waals surface area contributed by atoms with Crippen LogP contribution >= 0.6 is 0 Å². The van der Waals surface area contributed by atoms with Gasteiger partial charge in [0.15, 0.2) is 5.78 Å². The molecule has 0 fully saturated rings. The first-order valence-corrected chi connectivity index (χ1v) is 11.0. The lowest BCUT2D eigenvalue weighted by Crippen LogP contribution is -2.39. The minimum Gasteiger partial charge on any atom is -0.466 e. The van der Waals surface area contributed by atoms with Crippen LogP contribution in [0.1, 0.15) is 85.5 Å². The first-order valence-electron chi connectivity index (χ1n) is 11.0. The molecule has 0 aromatic carbocycles. The minimum absolute atomic E-state index is 0.0617. The second kappa shape index (κ2) is 17.0. The van der Waals surface area contributed by atoms with Gasteiger partial charge in [0.05, 0.1) is 25.6 Å². The van der Waals surface area contributed by atoms with Gasteiger partial charge in [0, 0.05) is 12.8 Å². The smallest absolute Gasteiger partial charge is 0.309 e. The molecular weight excluding hydrogens is 372 g/mol. The van der Waals surface area contributed by atoms with Gasteiger partial charge >= 0.3 is 5.97 Å². The van der Waals surface area contributed by atoms with E-state index in [1.54, 1.807) is 6.92 Å². The zero-order chi connectivity index (χ0) is 22.1. The molecule has 7 nitrogen and oxygen atoms in total. The van der Waals surface area contributed by atoms with Gasteiger partial charge < -0.3 is 15.4 Å². The van der Waals surface area contributed by atoms with Gasteiger partial charge in [-0.3, -0.25) is 19.2 Å². The molecule has 0 bridgehead atoms. The van der Waals surface area contributed by atoms with Crippen molar-refractivity contribution in [1.82, 2.24) is 10.6 Å². The highest BCUT2D eigenvalue weighted by molar-refractivity contribution is 5.90. The van der Waals surface area contributed by atoms with Gasteiger partial charge in [0.25, 0.3) is 0 Å². The SMILES string of the molecule is CCCCC(=O)NCC(=O)NCC(=O)C[C@@H](CCCCCC(C)C)C(=O)OCC. The molecule has 0 saturated carbocycles. The highest BCUT2D eigenvalue weighted by Gasteiger charge is 2.23. The van der Waals surface area contributed by atoms with Gasteiger partial charge in [0.2, 0.25) is 11.8 Å². The zero-order valence-corrected chi connectivity index (χ0v) is 18.7. The van der Waals surface area contributed by atoms with Crippen molar-refractivity contribution < 1.29 is 23.9 Å². The van der Waals surface area contributed by atoms with Crippen LogP contribution < -0.4 is 10.6 Å². The van der Waals surface area contributed by atoms with E-state index >= 15 is 0 Å². The van der Waals surface area contributed by atoms with Gasteiger partial charge in [-0.05, 0) is 25.7 Å². The first kappa shape index (κ1) is 27.1. The maximum absolute atomic E-state index is 12.2. The van der Waals surface area contributed by atoms with E-state index < -0.39 is 11.8 Å². The van der Waals surface area contributed by atoms with Crippen molar-refractivity contribution >= 4 is 23.6 Å². The summed E-state index contributed by atoms with van der Waals surface area (Å²) in [6.07, 6.45) is 6.92. The highest BCUT2D eigenvalue weighted by atomic mass is 16.5. The fourth-order valence-electron chi connectivity index (χ4n) is 2.89. The summed E-state index contributed by atoms with van der Waals surface area (Å²) in [5, 5.41) is 5.03. The molecule has 0 saturated heterocycles. The maximum atomic E-state index is 12.2. The van der Waals surface area contributed by atoms with Crippen LogP contribution in [0.25, 0.3) is 0 Å². The molecule has 0 aromatic rings. The average Bonchev–Trinajstić information content (AvgIpc) is 2.67. The van der Waals surface area contributed by atoms with Crippen LogP contribution in [0.15, 0.2) is 0 Å². The molecule has 0 aliphatic carbocycles. The number of Topliss-reactive ketones (excluding diaryl/α,β-unsaturated/α-hetero) is 1. The molecular formula is C22H40N2O5. The number of amides is 2. The van der Waals surface area contributed by atoms with E-state index in [1.165, 1.54) is 0 Å². The molecule has 7 heteroatoms. The molecule has 0 heterocycles. The zero-order valence-electron chi connectivity index (χ0n) is 18.7. The van der Waals surface area contributed by atoms with E-state index in [2.05, 4.69) is 24.5 Å². The van der Waals surface area contributed by atoms with Crippen molar-refractivity contribution in [3.05, 3.63) is 0 Å². The molecule has 168 valence electrons. The number of ketones is 1. The third-order valence-corrected chi connectivity index (χ3v) is 4.61. The van der Waals surface area contributed by atoms with Crippen molar-refractivity contribution in [2.24, 2.45) is 11.8 Å². The van der Waals surface area contributed by atoms with Crippen molar-refractivity contribution in [2.75, 3.05) is 19.7 Å². The molecule has 0 aliphatic heterocycles. The summed E-state index contributed by atoms with van der Waals surface area (Å²) in [4.78, 5) is 47.6. The van der Waals surface area contributed by atoms with Crippen LogP contribution in [-0.4, -0.2) is 43.3 Å². The predicted molar refractivity (Wildman–Crippen MR) is 113 cm³/mol. The number of unbranched alkanes of at least 4 members (excludes halogenated alkanes) is 3. The minimum atomic E-state index is -0.466. The van der Waals surface area contributed by atoms with Crippen molar-refractivity contribution in [1.29, 1.82) is 0 Å². The average molecular weight is 413 g/mol. The molecule has 0 unspecified atom stereocenters. The van der Waals surface area contributed by atoms with Crippen molar-refractivity contribution in [2.45, 2.75) is 85.5 Å². The topological polar surface area (TPSA) is 102 Å². The molecule has 1 atom stereocenters. The second-order valence-electron chi connectivity index (χ2n) is 7.88. The van der Waals surface area contributed by atoms with E-state index in [9.17, 15) is 19.2 Å². The van der Waals surface area contributed by atoms with Gasteiger partial charge in [-0.25, -0.2) is 0 Å². The largest absolute Gasteiger partial charge is 0.466 e. The fraction of sp³-hybridized carbons (Fsp3) is 0.818. The molecule has 0 rings (SSSR count). The standard InChI is InChI=1S/C22H40N2O5/c1-5-7-13-20(26)24-16-21(27)23-15-19(25)14-18(22(28)29-6-2)12-10-8-9-11-17(3)4/h17-18H,5-16H2,1-4H3,(H,23,27)(H,24,26)/t18-/m1/s1. The molecule has 0 radical (unpaired) electrons. The third kappa shape index (κ3) is 15.7. The van der Waals surface area contributed by atoms with Crippen molar-refractivity contribution in [3.63, 3.8) is 0 Å². The third-order valence-electron chi connectivity index (χ3n) is 4.61. The molecule has 29 heavy (non-hydrogen) atoms. The highest BCUT2D eigenvalue weighted by Crippen LogP contribution is 2.18. The Morgan fingerprint density at radius 2 is 1.48 bits per heavy atom. The van der Waals surface area contributed by atoms with E-state index in [0.29, 0.717) is 18.8 Å². The molecule has 0 spiro atoms. The lowest BCUT2D eigenvalue weighted by Gasteiger charge is -2.15. The Kier molecular flexibility index (Phi) is 15.9. The molecule has 2 N–H and O–H groups in total. The summed E-state index contributed by atoms with van der Waals surface area (Å²) in [5.74, 6) is -0.947. The van der Waals surface area contributed by atoms with Crippen LogP contribution in [-0.2, 0) is 23.9 Å². The van der Waals surface area contributed by atoms with Crippen molar-refractivity contribution in [3.8, 4) is 0 Å². The van der Waals surface area contributed by atoms with Gasteiger partial charge in [-0.2, -0.15) is 0 Å². The Morgan fingerprint density at radius 3 is 2.10 bits per heavy atom. The summed E-state index contributed by atoms with van der Waals surface area (Å²) >= 11 is 0. The summed E-state index contributed by atoms with van der Waals surface area (Å²) in [7, 11) is 0. The lowest BCUT2D eigenvalue weighted by molar-refractivity contribution is -0.149. The monoisotopic (exact) mass is 412 g/mol. The van der Waals surface area contributed by atoms with Gasteiger partial charge in [0.1, 0.15) is 0 Å². The Labute approximate surface area is 175 Å². The lowest BCUT2D eigenvalue weighted by atomic mass is 9.94. The quantitative estimate of drug-likeness (QED) is 0.282. The number of ether oxygens (including phenoxy) is 1. The second-order valence-corrected chi connectivity index (χ2v) is 7.88. The normalized spacial score (nSPS) is 11.8. The van der Waals surface area contributed by atoms with Crippen LogP contribution in [0, 0.1) is 11.8 Å². The number of rotatable bonds is 17. The number of nitrogens with one attached hydrogen (secondary N) is 2. The first-order chi connectivity index (χ1) is 13.8. The van der Waals surface area contributed by atoms with E-state index in [1.807, 2.05) is 6.92 Å². The summed E-state index contributed by atoms with van der Waals surface area (Å²) in [6, 6.07) is 0. The number of carbonyl (C=O) groups is 4. The maximum Gasteiger partial charge on any atom is 0.309 e. The van der Waals surface area contributed by atoms with Crippen LogP contribution in [0.5, 0.6) is 0 Å². The van der Waals surface area contributed by atoms with Crippen LogP contribution in [0.3, 0.4) is 0 Å². The number of carbonyl (C=O) groups excluding carboxylic acids is 4. The Bertz CT molecular complexity index is 505. The number of hydrogen-bond acceptors (Lipinski definition) is 5. The van der Waals surface area contributed by atoms with E-state index in [-0.39, 0.29) is 43.8 Å². The molecule has 2 amide bonds. The summed E-state index contributed by atoms with van der Waals surface area (Å²) in [5.41, 5.74) is 0.